The maximum absolute atomic E-state index is 10.4. The van der Waals surface area contributed by atoms with E-state index in [2.05, 4.69) is 10.2 Å². The minimum absolute atomic E-state index is 0.186. The molecular formula is C12H16ClN5O2. The Labute approximate surface area is 121 Å². The number of hydrogen-bond acceptors (Lipinski definition) is 3. The van der Waals surface area contributed by atoms with E-state index in [-0.39, 0.29) is 18.4 Å². The van der Waals surface area contributed by atoms with E-state index < -0.39 is 5.03 Å². The molecule has 0 bridgehead atoms. The molecular weight excluding hydrogens is 282 g/mol. The molecule has 20 heavy (non-hydrogen) atoms. The summed E-state index contributed by atoms with van der Waals surface area (Å²) in [4.78, 5) is 10.4. The van der Waals surface area contributed by atoms with Crippen molar-refractivity contribution in [2.24, 2.45) is 21.9 Å². The van der Waals surface area contributed by atoms with Gasteiger partial charge in [0.05, 0.1) is 6.54 Å². The van der Waals surface area contributed by atoms with Gasteiger partial charge in [0.25, 0.3) is 5.96 Å². The molecule has 8 heteroatoms. The third-order valence-electron chi connectivity index (χ3n) is 2.20. The molecule has 0 unspecified atom stereocenters. The van der Waals surface area contributed by atoms with Crippen LogP contribution in [0.2, 0.25) is 5.02 Å². The number of halogens is 1. The fourth-order valence-electron chi connectivity index (χ4n) is 1.29. The molecule has 0 aliphatic rings. The molecule has 0 fully saturated rings. The lowest BCUT2D eigenvalue weighted by Gasteiger charge is -2.16. The highest BCUT2D eigenvalue weighted by molar-refractivity contribution is 6.30. The molecule has 0 aliphatic carbocycles. The Morgan fingerprint density at radius 2 is 2.10 bits per heavy atom. The Bertz CT molecular complexity index is 513. The van der Waals surface area contributed by atoms with Crippen molar-refractivity contribution >= 4 is 23.8 Å². The third kappa shape index (κ3) is 5.66. The second-order valence-corrected chi connectivity index (χ2v) is 4.83. The Morgan fingerprint density at radius 3 is 2.60 bits per heavy atom. The van der Waals surface area contributed by atoms with Crippen LogP contribution in [0.15, 0.2) is 34.5 Å². The fourth-order valence-corrected chi connectivity index (χ4v) is 1.42. The van der Waals surface area contributed by atoms with Crippen LogP contribution in [0.1, 0.15) is 19.4 Å². The summed E-state index contributed by atoms with van der Waals surface area (Å²) in [6.07, 6.45) is 1.64. The number of hydrazone groups is 2. The van der Waals surface area contributed by atoms with Gasteiger partial charge in [-0.1, -0.05) is 37.6 Å². The quantitative estimate of drug-likeness (QED) is 0.390. The first-order chi connectivity index (χ1) is 9.38. The van der Waals surface area contributed by atoms with Gasteiger partial charge in [-0.2, -0.15) is 5.10 Å². The van der Waals surface area contributed by atoms with Crippen molar-refractivity contribution in [2.45, 2.75) is 20.4 Å². The van der Waals surface area contributed by atoms with E-state index in [4.69, 9.17) is 17.3 Å². The Hall–Kier alpha value is -2.15. The zero-order chi connectivity index (χ0) is 15.1. The number of nitro groups is 1. The molecule has 0 spiro atoms. The van der Waals surface area contributed by atoms with Crippen LogP contribution >= 0.6 is 11.6 Å². The van der Waals surface area contributed by atoms with Crippen LogP contribution in [-0.2, 0) is 6.54 Å². The average molecular weight is 298 g/mol. The molecule has 108 valence electrons. The van der Waals surface area contributed by atoms with Gasteiger partial charge in [0, 0.05) is 11.2 Å². The zero-order valence-electron chi connectivity index (χ0n) is 11.2. The molecule has 0 aliphatic heterocycles. The summed E-state index contributed by atoms with van der Waals surface area (Å²) in [5.41, 5.74) is 6.44. The summed E-state index contributed by atoms with van der Waals surface area (Å²) in [5, 5.41) is 18.6. The third-order valence-corrected chi connectivity index (χ3v) is 2.45. The van der Waals surface area contributed by atoms with E-state index in [1.165, 1.54) is 5.01 Å². The van der Waals surface area contributed by atoms with Crippen molar-refractivity contribution < 1.29 is 5.03 Å². The van der Waals surface area contributed by atoms with Gasteiger partial charge in [0.15, 0.2) is 5.03 Å². The Balaban J connectivity index is 2.92. The highest BCUT2D eigenvalue weighted by Crippen LogP contribution is 2.11. The summed E-state index contributed by atoms with van der Waals surface area (Å²) >= 11 is 5.80. The lowest BCUT2D eigenvalue weighted by Crippen LogP contribution is -2.33. The topological polar surface area (TPSA) is 97.1 Å². The first-order valence-electron chi connectivity index (χ1n) is 5.93. The summed E-state index contributed by atoms with van der Waals surface area (Å²) < 4.78 is 0. The average Bonchev–Trinajstić information content (AvgIpc) is 2.35. The predicted octanol–water partition coefficient (Wildman–Crippen LogP) is 2.29. The number of nitrogens with zero attached hydrogens (tertiary/aromatic N) is 4. The second kappa shape index (κ2) is 7.44. The minimum Gasteiger partial charge on any atom is -0.363 e. The lowest BCUT2D eigenvalue weighted by atomic mass is 10.2. The minimum atomic E-state index is -0.852. The van der Waals surface area contributed by atoms with E-state index in [9.17, 15) is 10.1 Å². The number of hydrogen-bond donors (Lipinski definition) is 1. The van der Waals surface area contributed by atoms with Gasteiger partial charge in [-0.05, 0) is 23.6 Å². The Kier molecular flexibility index (Phi) is 5.92. The van der Waals surface area contributed by atoms with E-state index in [0.29, 0.717) is 5.02 Å². The molecule has 0 saturated heterocycles. The van der Waals surface area contributed by atoms with Gasteiger partial charge in [0.2, 0.25) is 0 Å². The normalized spacial score (nSPS) is 12.1. The van der Waals surface area contributed by atoms with Crippen molar-refractivity contribution in [1.29, 1.82) is 0 Å². The number of benzene rings is 1. The fraction of sp³-hybridized carbons (Fsp3) is 0.333. The van der Waals surface area contributed by atoms with Crippen LogP contribution in [0.25, 0.3) is 0 Å². The van der Waals surface area contributed by atoms with E-state index in [1.54, 1.807) is 30.5 Å². The summed E-state index contributed by atoms with van der Waals surface area (Å²) in [7, 11) is 0. The highest BCUT2D eigenvalue weighted by Gasteiger charge is 2.11. The zero-order valence-corrected chi connectivity index (χ0v) is 12.0. The van der Waals surface area contributed by atoms with Gasteiger partial charge >= 0.3 is 0 Å². The maximum atomic E-state index is 10.4. The molecule has 7 nitrogen and oxygen atoms in total. The molecule has 0 aromatic heterocycles. The van der Waals surface area contributed by atoms with Crippen molar-refractivity contribution in [2.75, 3.05) is 0 Å². The summed E-state index contributed by atoms with van der Waals surface area (Å²) in [6, 6.07) is 7.03. The molecule has 0 heterocycles. The van der Waals surface area contributed by atoms with Crippen molar-refractivity contribution in [3.8, 4) is 0 Å². The molecule has 0 saturated carbocycles. The first-order valence-corrected chi connectivity index (χ1v) is 6.31. The highest BCUT2D eigenvalue weighted by atomic mass is 35.5. The predicted molar refractivity (Wildman–Crippen MR) is 78.9 cm³/mol. The van der Waals surface area contributed by atoms with Crippen molar-refractivity contribution in [3.63, 3.8) is 0 Å². The van der Waals surface area contributed by atoms with E-state index in [1.807, 2.05) is 13.8 Å². The van der Waals surface area contributed by atoms with Crippen LogP contribution in [0.4, 0.5) is 0 Å². The van der Waals surface area contributed by atoms with Crippen LogP contribution in [0.3, 0.4) is 0 Å². The van der Waals surface area contributed by atoms with Gasteiger partial charge in [-0.3, -0.25) is 0 Å². The molecule has 1 aromatic rings. The molecule has 0 amide bonds. The maximum Gasteiger partial charge on any atom is 0.289 e. The molecule has 2 N–H and O–H groups in total. The second-order valence-electron chi connectivity index (χ2n) is 4.39. The number of guanidine groups is 1. The monoisotopic (exact) mass is 297 g/mol. The van der Waals surface area contributed by atoms with Gasteiger partial charge in [-0.15, -0.1) is 0 Å². The largest absolute Gasteiger partial charge is 0.363 e. The van der Waals surface area contributed by atoms with Gasteiger partial charge < -0.3 is 5.73 Å². The van der Waals surface area contributed by atoms with Crippen molar-refractivity contribution in [1.82, 2.24) is 5.01 Å². The van der Waals surface area contributed by atoms with Crippen LogP contribution in [-0.4, -0.2) is 22.2 Å². The molecule has 0 radical (unpaired) electrons. The lowest BCUT2D eigenvalue weighted by molar-refractivity contribution is -0.485. The standard InChI is InChI=1S/C12H16ClN5O2/c1-9(2)7-15-17(12(14)16-18(19)20)8-10-3-5-11(13)6-4-10/h3-7,9H,8H2,1-2H3,(H2,14,16)/b15-7-. The van der Waals surface area contributed by atoms with Gasteiger partial charge in [-0.25, -0.2) is 15.1 Å². The van der Waals surface area contributed by atoms with Gasteiger partial charge in [0.1, 0.15) is 5.10 Å². The SMILES string of the molecule is CC(C)/C=N\N(Cc1ccc(Cl)cc1)/C(N)=N\[N+](=O)[O-]. The summed E-state index contributed by atoms with van der Waals surface area (Å²) in [5.74, 6) is -0.0898. The summed E-state index contributed by atoms with van der Waals surface area (Å²) in [6.45, 7) is 4.14. The first kappa shape index (κ1) is 15.9. The Morgan fingerprint density at radius 1 is 1.50 bits per heavy atom. The van der Waals surface area contributed by atoms with Crippen LogP contribution in [0, 0.1) is 16.0 Å². The molecule has 0 atom stereocenters. The number of nitrogens with two attached hydrogens (primary N) is 1. The molecule has 1 aromatic carbocycles. The van der Waals surface area contributed by atoms with Crippen molar-refractivity contribution in [3.05, 3.63) is 45.0 Å². The smallest absolute Gasteiger partial charge is 0.289 e. The van der Waals surface area contributed by atoms with Crippen LogP contribution < -0.4 is 5.73 Å². The van der Waals surface area contributed by atoms with E-state index in [0.717, 1.165) is 5.56 Å². The van der Waals surface area contributed by atoms with E-state index >= 15 is 0 Å². The number of rotatable bonds is 5. The molecule has 1 rings (SSSR count). The van der Waals surface area contributed by atoms with Crippen LogP contribution in [0.5, 0.6) is 0 Å².